The fourth-order valence-electron chi connectivity index (χ4n) is 2.76. The average Bonchev–Trinajstić information content (AvgIpc) is 3.01. The third kappa shape index (κ3) is 3.14. The summed E-state index contributed by atoms with van der Waals surface area (Å²) in [6, 6.07) is 8.41. The lowest BCUT2D eigenvalue weighted by molar-refractivity contribution is -0.130. The third-order valence-electron chi connectivity index (χ3n) is 4.06. The first-order chi connectivity index (χ1) is 10.7. The Labute approximate surface area is 134 Å². The number of nitrogens with zero attached hydrogens (tertiary/aromatic N) is 2. The van der Waals surface area contributed by atoms with Crippen molar-refractivity contribution in [1.29, 1.82) is 0 Å². The van der Waals surface area contributed by atoms with E-state index in [1.807, 2.05) is 16.7 Å². The maximum absolute atomic E-state index is 13.0. The molecule has 3 nitrogen and oxygen atoms in total. The fraction of sp³-hybridized carbons (Fsp3) is 0.353. The molecule has 0 unspecified atom stereocenters. The van der Waals surface area contributed by atoms with E-state index in [9.17, 15) is 9.18 Å². The smallest absolute Gasteiger partial charge is 0.242 e. The van der Waals surface area contributed by atoms with Crippen LogP contribution in [0.5, 0.6) is 0 Å². The lowest BCUT2D eigenvalue weighted by Gasteiger charge is -2.30. The van der Waals surface area contributed by atoms with E-state index in [1.54, 1.807) is 23.5 Å². The highest BCUT2D eigenvalue weighted by Crippen LogP contribution is 2.24. The molecule has 1 aromatic carbocycles. The normalized spacial score (nSPS) is 13.8. The number of rotatable bonds is 4. The molecule has 22 heavy (non-hydrogen) atoms. The van der Waals surface area contributed by atoms with Crippen LogP contribution in [0.1, 0.15) is 17.4 Å². The lowest BCUT2D eigenvalue weighted by Crippen LogP contribution is -2.42. The Hall–Kier alpha value is -1.88. The van der Waals surface area contributed by atoms with Crippen molar-refractivity contribution in [2.45, 2.75) is 19.9 Å². The van der Waals surface area contributed by atoms with E-state index in [-0.39, 0.29) is 11.7 Å². The topological polar surface area (TPSA) is 23.6 Å². The highest BCUT2D eigenvalue weighted by Gasteiger charge is 2.22. The number of halogens is 1. The number of fused-ring (bicyclic) bond motifs is 1. The molecule has 2 aromatic rings. The number of hydrogen-bond acceptors (Lipinski definition) is 3. The fourth-order valence-corrected chi connectivity index (χ4v) is 3.65. The molecule has 0 spiro atoms. The van der Waals surface area contributed by atoms with Crippen molar-refractivity contribution in [3.8, 4) is 0 Å². The van der Waals surface area contributed by atoms with Crippen molar-refractivity contribution in [1.82, 2.24) is 4.90 Å². The van der Waals surface area contributed by atoms with Crippen molar-refractivity contribution < 1.29 is 9.18 Å². The number of benzene rings is 1. The van der Waals surface area contributed by atoms with Gasteiger partial charge in [0.2, 0.25) is 5.91 Å². The molecule has 116 valence electrons. The van der Waals surface area contributed by atoms with Gasteiger partial charge in [-0.3, -0.25) is 4.79 Å². The van der Waals surface area contributed by atoms with Gasteiger partial charge in [-0.25, -0.2) is 4.39 Å². The van der Waals surface area contributed by atoms with Gasteiger partial charge in [-0.2, -0.15) is 0 Å². The second-order valence-electron chi connectivity index (χ2n) is 5.42. The molecule has 5 heteroatoms. The van der Waals surface area contributed by atoms with Crippen LogP contribution in [0.4, 0.5) is 10.1 Å². The molecule has 0 saturated heterocycles. The van der Waals surface area contributed by atoms with Crippen LogP contribution in [-0.4, -0.2) is 30.4 Å². The number of hydrogen-bond donors (Lipinski definition) is 0. The summed E-state index contributed by atoms with van der Waals surface area (Å²) in [6.45, 7) is 4.55. The van der Waals surface area contributed by atoms with E-state index >= 15 is 0 Å². The number of carbonyl (C=O) groups is 1. The minimum absolute atomic E-state index is 0.128. The monoisotopic (exact) mass is 318 g/mol. The molecule has 0 radical (unpaired) electrons. The molecule has 0 atom stereocenters. The molecule has 1 aliphatic rings. The average molecular weight is 318 g/mol. The highest BCUT2D eigenvalue weighted by atomic mass is 32.1. The summed E-state index contributed by atoms with van der Waals surface area (Å²) < 4.78 is 13.0. The van der Waals surface area contributed by atoms with Crippen LogP contribution in [0.15, 0.2) is 35.7 Å². The van der Waals surface area contributed by atoms with Gasteiger partial charge in [0.15, 0.2) is 0 Å². The van der Waals surface area contributed by atoms with Gasteiger partial charge < -0.3 is 9.80 Å². The van der Waals surface area contributed by atoms with Gasteiger partial charge >= 0.3 is 0 Å². The van der Waals surface area contributed by atoms with E-state index < -0.39 is 0 Å². The predicted octanol–water partition coefficient (Wildman–Crippen LogP) is 3.30. The molecule has 3 rings (SSSR count). The molecule has 1 amide bonds. The Kier molecular flexibility index (Phi) is 4.43. The summed E-state index contributed by atoms with van der Waals surface area (Å²) in [5, 5.41) is 2.09. The summed E-state index contributed by atoms with van der Waals surface area (Å²) in [5.74, 6) is -0.129. The van der Waals surface area contributed by atoms with Crippen molar-refractivity contribution in [2.75, 3.05) is 24.5 Å². The number of anilines is 1. The minimum atomic E-state index is -0.257. The number of carbonyl (C=O) groups excluding carboxylic acids is 1. The molecular weight excluding hydrogens is 299 g/mol. The van der Waals surface area contributed by atoms with Crippen LogP contribution in [0.25, 0.3) is 0 Å². The summed E-state index contributed by atoms with van der Waals surface area (Å²) in [4.78, 5) is 17.8. The lowest BCUT2D eigenvalue weighted by atomic mass is 10.1. The van der Waals surface area contributed by atoms with Crippen molar-refractivity contribution >= 4 is 22.9 Å². The standard InChI is InChI=1S/C17H19FN2OS/c1-2-19(15-5-3-14(18)4-6-15)12-17(21)20-9-7-16-13(11-20)8-10-22-16/h3-6,8,10H,2,7,9,11-12H2,1H3. The van der Waals surface area contributed by atoms with Crippen molar-refractivity contribution in [3.05, 3.63) is 52.0 Å². The predicted molar refractivity (Wildman–Crippen MR) is 87.7 cm³/mol. The van der Waals surface area contributed by atoms with Crippen LogP contribution < -0.4 is 4.90 Å². The molecular formula is C17H19FN2OS. The maximum atomic E-state index is 13.0. The number of amides is 1. The third-order valence-corrected chi connectivity index (χ3v) is 5.08. The van der Waals surface area contributed by atoms with Gasteiger partial charge in [-0.05, 0) is 54.6 Å². The second kappa shape index (κ2) is 6.48. The van der Waals surface area contributed by atoms with Crippen LogP contribution in [0.2, 0.25) is 0 Å². The van der Waals surface area contributed by atoms with Gasteiger partial charge in [0.25, 0.3) is 0 Å². The Morgan fingerprint density at radius 1 is 1.32 bits per heavy atom. The molecule has 1 aliphatic heterocycles. The van der Waals surface area contributed by atoms with Gasteiger partial charge in [-0.15, -0.1) is 11.3 Å². The molecule has 0 bridgehead atoms. The van der Waals surface area contributed by atoms with Gasteiger partial charge in [-0.1, -0.05) is 0 Å². The summed E-state index contributed by atoms with van der Waals surface area (Å²) in [6.07, 6.45) is 0.946. The van der Waals surface area contributed by atoms with Gasteiger partial charge in [0.05, 0.1) is 6.54 Å². The molecule has 0 N–H and O–H groups in total. The Balaban J connectivity index is 1.66. The SMILES string of the molecule is CCN(CC(=O)N1CCc2sccc2C1)c1ccc(F)cc1. The first-order valence-electron chi connectivity index (χ1n) is 7.51. The van der Waals surface area contributed by atoms with Crippen LogP contribution in [0.3, 0.4) is 0 Å². The summed E-state index contributed by atoms with van der Waals surface area (Å²) >= 11 is 1.77. The number of likely N-dealkylation sites (N-methyl/N-ethyl adjacent to an activating group) is 1. The molecule has 2 heterocycles. The van der Waals surface area contributed by atoms with Crippen LogP contribution in [0, 0.1) is 5.82 Å². The minimum Gasteiger partial charge on any atom is -0.362 e. The van der Waals surface area contributed by atoms with Crippen LogP contribution in [-0.2, 0) is 17.8 Å². The maximum Gasteiger partial charge on any atom is 0.242 e. The zero-order valence-electron chi connectivity index (χ0n) is 12.6. The van der Waals surface area contributed by atoms with E-state index in [0.717, 1.165) is 25.2 Å². The first-order valence-corrected chi connectivity index (χ1v) is 8.39. The molecule has 0 aliphatic carbocycles. The van der Waals surface area contributed by atoms with Gasteiger partial charge in [0, 0.05) is 30.2 Å². The highest BCUT2D eigenvalue weighted by molar-refractivity contribution is 7.10. The number of thiophene rings is 1. The van der Waals surface area contributed by atoms with Gasteiger partial charge in [0.1, 0.15) is 5.82 Å². The Morgan fingerprint density at radius 2 is 2.09 bits per heavy atom. The Morgan fingerprint density at radius 3 is 2.82 bits per heavy atom. The largest absolute Gasteiger partial charge is 0.362 e. The van der Waals surface area contributed by atoms with Crippen LogP contribution >= 0.6 is 11.3 Å². The van der Waals surface area contributed by atoms with Crippen molar-refractivity contribution in [3.63, 3.8) is 0 Å². The second-order valence-corrected chi connectivity index (χ2v) is 6.43. The molecule has 1 aromatic heterocycles. The molecule has 0 saturated carbocycles. The van der Waals surface area contributed by atoms with Crippen molar-refractivity contribution in [2.24, 2.45) is 0 Å². The first kappa shape index (κ1) is 15.0. The zero-order valence-corrected chi connectivity index (χ0v) is 13.4. The van der Waals surface area contributed by atoms with E-state index in [1.165, 1.54) is 22.6 Å². The summed E-state index contributed by atoms with van der Waals surface area (Å²) in [5.41, 5.74) is 2.15. The molecule has 0 fully saturated rings. The van der Waals surface area contributed by atoms with E-state index in [0.29, 0.717) is 13.1 Å². The summed E-state index contributed by atoms with van der Waals surface area (Å²) in [7, 11) is 0. The quantitative estimate of drug-likeness (QED) is 0.863. The Bertz CT molecular complexity index is 653. The zero-order chi connectivity index (χ0) is 15.5. The van der Waals surface area contributed by atoms with E-state index in [4.69, 9.17) is 0 Å². The van der Waals surface area contributed by atoms with E-state index in [2.05, 4.69) is 11.4 Å².